The van der Waals surface area contributed by atoms with Crippen LogP contribution in [0.15, 0.2) is 81.3 Å². The highest BCUT2D eigenvalue weighted by molar-refractivity contribution is 9.11. The first-order valence-corrected chi connectivity index (χ1v) is 12.7. The molecule has 0 bridgehead atoms. The molecule has 0 unspecified atom stereocenters. The monoisotopic (exact) mass is 653 g/mol. The summed E-state index contributed by atoms with van der Waals surface area (Å²) in [7, 11) is 0. The lowest BCUT2D eigenvalue weighted by atomic mass is 10.1. The van der Waals surface area contributed by atoms with E-state index in [2.05, 4.69) is 37.2 Å². The lowest BCUT2D eigenvalue weighted by Crippen LogP contribution is -2.54. The smallest absolute Gasteiger partial charge is 0.336 e. The zero-order valence-electron chi connectivity index (χ0n) is 20.0. The van der Waals surface area contributed by atoms with Crippen LogP contribution in [0.2, 0.25) is 0 Å². The molecule has 4 amide bonds. The third-order valence-corrected chi connectivity index (χ3v) is 6.46. The van der Waals surface area contributed by atoms with Gasteiger partial charge in [-0.1, -0.05) is 28.1 Å². The van der Waals surface area contributed by atoms with Crippen LogP contribution in [0.3, 0.4) is 0 Å². The van der Waals surface area contributed by atoms with Crippen molar-refractivity contribution in [2.24, 2.45) is 0 Å². The van der Waals surface area contributed by atoms with Gasteiger partial charge in [0, 0.05) is 28.2 Å². The highest BCUT2D eigenvalue weighted by Crippen LogP contribution is 2.35. The number of carbonyl (C=O) groups is 4. The predicted octanol–water partition coefficient (Wildman–Crippen LogP) is 5.71. The number of aryl methyl sites for hydroxylation is 1. The second-order valence-electron chi connectivity index (χ2n) is 8.21. The molecule has 12 heteroatoms. The molecule has 39 heavy (non-hydrogen) atoms. The molecule has 0 aromatic heterocycles. The molecule has 3 aromatic rings. The van der Waals surface area contributed by atoms with Crippen molar-refractivity contribution < 1.29 is 28.8 Å². The van der Waals surface area contributed by atoms with Crippen LogP contribution in [0.1, 0.15) is 16.7 Å². The number of nitrogens with one attached hydrogen (secondary N) is 1. The summed E-state index contributed by atoms with van der Waals surface area (Å²) < 4.78 is 6.40. The van der Waals surface area contributed by atoms with Crippen molar-refractivity contribution in [1.82, 2.24) is 5.32 Å². The van der Waals surface area contributed by atoms with Gasteiger partial charge in [0.1, 0.15) is 5.57 Å². The van der Waals surface area contributed by atoms with Gasteiger partial charge in [0.05, 0.1) is 15.1 Å². The van der Waals surface area contributed by atoms with Gasteiger partial charge < -0.3 is 4.74 Å². The van der Waals surface area contributed by atoms with E-state index in [4.69, 9.17) is 4.74 Å². The van der Waals surface area contributed by atoms with Gasteiger partial charge >= 0.3 is 12.0 Å². The van der Waals surface area contributed by atoms with Crippen LogP contribution in [0.4, 0.5) is 16.2 Å². The maximum Gasteiger partial charge on any atom is 0.336 e. The van der Waals surface area contributed by atoms with Crippen LogP contribution in [0.5, 0.6) is 5.75 Å². The molecule has 10 nitrogen and oxygen atoms in total. The number of nitrogens with zero attached hydrogens (tertiary/aromatic N) is 2. The second-order valence-corrected chi connectivity index (χ2v) is 9.98. The molecule has 1 heterocycles. The van der Waals surface area contributed by atoms with Gasteiger partial charge in [-0.3, -0.25) is 25.0 Å². The number of barbiturate groups is 1. The summed E-state index contributed by atoms with van der Waals surface area (Å²) in [5.74, 6) is -2.52. The Bertz CT molecular complexity index is 1600. The van der Waals surface area contributed by atoms with E-state index in [9.17, 15) is 29.3 Å². The predicted molar refractivity (Wildman–Crippen MR) is 150 cm³/mol. The van der Waals surface area contributed by atoms with Crippen LogP contribution in [-0.4, -0.2) is 28.7 Å². The fourth-order valence-electron chi connectivity index (χ4n) is 3.62. The van der Waals surface area contributed by atoms with E-state index in [0.717, 1.165) is 16.5 Å². The quantitative estimate of drug-likeness (QED) is 0.0897. The molecule has 0 aliphatic carbocycles. The van der Waals surface area contributed by atoms with Crippen molar-refractivity contribution in [3.63, 3.8) is 0 Å². The minimum absolute atomic E-state index is 0.0173. The number of amides is 4. The van der Waals surface area contributed by atoms with Gasteiger partial charge in [0.25, 0.3) is 17.5 Å². The number of rotatable bonds is 6. The summed E-state index contributed by atoms with van der Waals surface area (Å²) in [5, 5.41) is 13.0. The number of hydrogen-bond donors (Lipinski definition) is 1. The third-order valence-electron chi connectivity index (χ3n) is 5.42. The molecule has 1 aliphatic heterocycles. The average Bonchev–Trinajstić information content (AvgIpc) is 2.87. The molecular weight excluding hydrogens is 638 g/mol. The van der Waals surface area contributed by atoms with Crippen molar-refractivity contribution in [3.05, 3.63) is 108 Å². The van der Waals surface area contributed by atoms with E-state index in [-0.39, 0.29) is 28.3 Å². The molecule has 0 spiro atoms. The number of esters is 1. The minimum Gasteiger partial charge on any atom is -0.422 e. The molecule has 0 radical (unpaired) electrons. The van der Waals surface area contributed by atoms with Crippen molar-refractivity contribution in [2.75, 3.05) is 4.90 Å². The molecule has 0 saturated carbocycles. The highest BCUT2D eigenvalue weighted by atomic mass is 79.9. The largest absolute Gasteiger partial charge is 0.422 e. The first-order valence-electron chi connectivity index (χ1n) is 11.1. The number of urea groups is 1. The Morgan fingerprint density at radius 2 is 1.77 bits per heavy atom. The number of nitro groups is 1. The standard InChI is InChI=1S/C27H17Br2N3O7/c1-15-3-2-4-20(11-15)31-26(35)21(25(34)30-27(31)36)13-17-12-18(28)14-22(29)24(17)39-23(33)10-7-16-5-8-19(9-6-16)32(37)38/h2-14H,1H3,(H,30,34,36)/b10-7+,21-13-. The Hall–Kier alpha value is -4.42. The zero-order chi connectivity index (χ0) is 28.3. The average molecular weight is 655 g/mol. The first kappa shape index (κ1) is 27.6. The van der Waals surface area contributed by atoms with Gasteiger partial charge in [-0.25, -0.2) is 14.5 Å². The SMILES string of the molecule is Cc1cccc(N2C(=O)NC(=O)/C(=C/c3cc(Br)cc(Br)c3OC(=O)/C=C/c3ccc([N+](=O)[O-])cc3)C2=O)c1. The van der Waals surface area contributed by atoms with E-state index in [1.165, 1.54) is 42.5 Å². The topological polar surface area (TPSA) is 136 Å². The number of ether oxygens (including phenoxy) is 1. The van der Waals surface area contributed by atoms with Crippen LogP contribution >= 0.6 is 31.9 Å². The summed E-state index contributed by atoms with van der Waals surface area (Å²) in [6.45, 7) is 1.80. The van der Waals surface area contributed by atoms with E-state index in [1.807, 2.05) is 0 Å². The number of carbonyl (C=O) groups excluding carboxylic acids is 4. The van der Waals surface area contributed by atoms with Crippen LogP contribution in [0, 0.1) is 17.0 Å². The van der Waals surface area contributed by atoms with Crippen molar-refractivity contribution in [1.29, 1.82) is 0 Å². The van der Waals surface area contributed by atoms with Crippen LogP contribution in [-0.2, 0) is 14.4 Å². The molecule has 196 valence electrons. The molecule has 0 atom stereocenters. The molecule has 1 saturated heterocycles. The lowest BCUT2D eigenvalue weighted by Gasteiger charge is -2.26. The normalized spacial score (nSPS) is 14.6. The fraction of sp³-hybridized carbons (Fsp3) is 0.0370. The number of benzene rings is 3. The Labute approximate surface area is 238 Å². The third kappa shape index (κ3) is 6.36. The molecule has 1 aliphatic rings. The van der Waals surface area contributed by atoms with E-state index < -0.39 is 28.7 Å². The fourth-order valence-corrected chi connectivity index (χ4v) is 4.95. The summed E-state index contributed by atoms with van der Waals surface area (Å²) >= 11 is 6.67. The number of halogens is 2. The lowest BCUT2D eigenvalue weighted by molar-refractivity contribution is -0.384. The summed E-state index contributed by atoms with van der Waals surface area (Å²) in [6, 6.07) is 14.5. The highest BCUT2D eigenvalue weighted by Gasteiger charge is 2.37. The van der Waals surface area contributed by atoms with Crippen molar-refractivity contribution >= 4 is 79.2 Å². The summed E-state index contributed by atoms with van der Waals surface area (Å²) in [6.07, 6.45) is 3.77. The number of anilines is 1. The summed E-state index contributed by atoms with van der Waals surface area (Å²) in [4.78, 5) is 62.2. The van der Waals surface area contributed by atoms with Crippen molar-refractivity contribution in [2.45, 2.75) is 6.92 Å². The first-order chi connectivity index (χ1) is 18.5. The van der Waals surface area contributed by atoms with Crippen molar-refractivity contribution in [3.8, 4) is 5.75 Å². The molecule has 3 aromatic carbocycles. The molecule has 1 fully saturated rings. The Kier molecular flexibility index (Phi) is 8.17. The van der Waals surface area contributed by atoms with Crippen LogP contribution < -0.4 is 15.0 Å². The zero-order valence-corrected chi connectivity index (χ0v) is 23.2. The van der Waals surface area contributed by atoms with E-state index in [0.29, 0.717) is 14.5 Å². The van der Waals surface area contributed by atoms with Crippen LogP contribution in [0.25, 0.3) is 12.2 Å². The Balaban J connectivity index is 1.65. The van der Waals surface area contributed by atoms with Gasteiger partial charge in [0.15, 0.2) is 5.75 Å². The van der Waals surface area contributed by atoms with E-state index in [1.54, 1.807) is 37.3 Å². The van der Waals surface area contributed by atoms with Gasteiger partial charge in [-0.05, 0) is 82.5 Å². The van der Waals surface area contributed by atoms with E-state index >= 15 is 0 Å². The molecule has 4 rings (SSSR count). The van der Waals surface area contributed by atoms with Gasteiger partial charge in [-0.2, -0.15) is 0 Å². The number of imide groups is 2. The number of hydrogen-bond acceptors (Lipinski definition) is 7. The number of non-ortho nitro benzene ring substituents is 1. The maximum absolute atomic E-state index is 13.3. The Morgan fingerprint density at radius 1 is 1.05 bits per heavy atom. The number of nitro benzene ring substituents is 1. The summed E-state index contributed by atoms with van der Waals surface area (Å²) in [5.41, 5.74) is 1.39. The molecular formula is C27H17Br2N3O7. The van der Waals surface area contributed by atoms with Gasteiger partial charge in [0.2, 0.25) is 0 Å². The Morgan fingerprint density at radius 3 is 2.44 bits per heavy atom. The second kappa shape index (κ2) is 11.5. The van der Waals surface area contributed by atoms with Gasteiger partial charge in [-0.15, -0.1) is 0 Å². The minimum atomic E-state index is -0.902. The molecule has 1 N–H and O–H groups in total. The maximum atomic E-state index is 13.3.